The van der Waals surface area contributed by atoms with Gasteiger partial charge < -0.3 is 5.32 Å². The molecule has 0 spiro atoms. The molecule has 0 bridgehead atoms. The molecule has 15 heavy (non-hydrogen) atoms. The number of rotatable bonds is 3. The first-order valence-electron chi connectivity index (χ1n) is 4.76. The summed E-state index contributed by atoms with van der Waals surface area (Å²) in [6.07, 6.45) is 5.03. The highest BCUT2D eigenvalue weighted by molar-refractivity contribution is 5.33. The Balaban J connectivity index is 2.03. The fourth-order valence-corrected chi connectivity index (χ4v) is 1.27. The van der Waals surface area contributed by atoms with Gasteiger partial charge >= 0.3 is 0 Å². The van der Waals surface area contributed by atoms with E-state index in [1.165, 1.54) is 11.9 Å². The van der Waals surface area contributed by atoms with E-state index in [0.717, 1.165) is 11.5 Å². The molecule has 0 saturated heterocycles. The Hall–Kier alpha value is -1.97. The fourth-order valence-electron chi connectivity index (χ4n) is 1.27. The van der Waals surface area contributed by atoms with Crippen molar-refractivity contribution in [2.75, 3.05) is 5.32 Å². The van der Waals surface area contributed by atoms with Crippen molar-refractivity contribution in [3.8, 4) is 0 Å². The van der Waals surface area contributed by atoms with Crippen LogP contribution in [-0.2, 0) is 6.54 Å². The standard InChI is InChI=1S/C11H12N4/c1-9-3-2-5-13-10(9)7-14-11-4-6-12-8-15-11/h2-6,8H,7H2,1H3,(H,12,14,15). The van der Waals surface area contributed by atoms with E-state index in [1.54, 1.807) is 12.4 Å². The number of hydrogen-bond acceptors (Lipinski definition) is 4. The van der Waals surface area contributed by atoms with Crippen LogP contribution >= 0.6 is 0 Å². The van der Waals surface area contributed by atoms with Crippen molar-refractivity contribution < 1.29 is 0 Å². The summed E-state index contributed by atoms with van der Waals surface area (Å²) in [6, 6.07) is 5.81. The molecule has 2 heterocycles. The van der Waals surface area contributed by atoms with Gasteiger partial charge in [-0.15, -0.1) is 0 Å². The molecule has 0 radical (unpaired) electrons. The Morgan fingerprint density at radius 2 is 2.13 bits per heavy atom. The first-order chi connectivity index (χ1) is 7.36. The number of nitrogens with zero attached hydrogens (tertiary/aromatic N) is 3. The van der Waals surface area contributed by atoms with Crippen LogP contribution in [0.15, 0.2) is 36.9 Å². The largest absolute Gasteiger partial charge is 0.364 e. The second-order valence-corrected chi connectivity index (χ2v) is 3.22. The minimum atomic E-state index is 0.684. The summed E-state index contributed by atoms with van der Waals surface area (Å²) >= 11 is 0. The van der Waals surface area contributed by atoms with Gasteiger partial charge in [-0.05, 0) is 24.6 Å². The molecule has 0 unspecified atom stereocenters. The molecule has 2 rings (SSSR count). The van der Waals surface area contributed by atoms with Gasteiger partial charge in [0, 0.05) is 12.4 Å². The predicted molar refractivity (Wildman–Crippen MR) is 58.3 cm³/mol. The van der Waals surface area contributed by atoms with Crippen molar-refractivity contribution in [1.29, 1.82) is 0 Å². The Kier molecular flexibility index (Phi) is 2.88. The van der Waals surface area contributed by atoms with Gasteiger partial charge in [0.25, 0.3) is 0 Å². The molecule has 76 valence electrons. The molecule has 0 aliphatic rings. The Labute approximate surface area is 88.4 Å². The zero-order valence-corrected chi connectivity index (χ0v) is 8.51. The van der Waals surface area contributed by atoms with Gasteiger partial charge in [-0.1, -0.05) is 6.07 Å². The van der Waals surface area contributed by atoms with Crippen molar-refractivity contribution in [3.05, 3.63) is 48.2 Å². The average molecular weight is 200 g/mol. The van der Waals surface area contributed by atoms with Gasteiger partial charge in [0.1, 0.15) is 12.1 Å². The molecule has 0 atom stereocenters. The van der Waals surface area contributed by atoms with Crippen molar-refractivity contribution in [1.82, 2.24) is 15.0 Å². The lowest BCUT2D eigenvalue weighted by atomic mass is 10.2. The third kappa shape index (κ3) is 2.49. The summed E-state index contributed by atoms with van der Waals surface area (Å²) in [7, 11) is 0. The first kappa shape index (κ1) is 9.58. The zero-order valence-electron chi connectivity index (χ0n) is 8.51. The number of hydrogen-bond donors (Lipinski definition) is 1. The highest BCUT2D eigenvalue weighted by Gasteiger charge is 1.98. The van der Waals surface area contributed by atoms with Gasteiger partial charge in [-0.25, -0.2) is 9.97 Å². The van der Waals surface area contributed by atoms with E-state index in [1.807, 2.05) is 25.1 Å². The van der Waals surface area contributed by atoms with E-state index in [-0.39, 0.29) is 0 Å². The van der Waals surface area contributed by atoms with Crippen molar-refractivity contribution >= 4 is 5.82 Å². The topological polar surface area (TPSA) is 50.7 Å². The average Bonchev–Trinajstić information content (AvgIpc) is 2.29. The zero-order chi connectivity index (χ0) is 10.5. The highest BCUT2D eigenvalue weighted by Crippen LogP contribution is 2.06. The SMILES string of the molecule is Cc1cccnc1CNc1ccncn1. The molecule has 2 aromatic heterocycles. The van der Waals surface area contributed by atoms with E-state index < -0.39 is 0 Å². The van der Waals surface area contributed by atoms with E-state index in [2.05, 4.69) is 20.3 Å². The minimum absolute atomic E-state index is 0.684. The van der Waals surface area contributed by atoms with Crippen molar-refractivity contribution in [2.24, 2.45) is 0 Å². The van der Waals surface area contributed by atoms with Gasteiger partial charge in [0.05, 0.1) is 12.2 Å². The summed E-state index contributed by atoms with van der Waals surface area (Å²) in [4.78, 5) is 12.2. The smallest absolute Gasteiger partial charge is 0.129 e. The number of anilines is 1. The van der Waals surface area contributed by atoms with Crippen molar-refractivity contribution in [3.63, 3.8) is 0 Å². The van der Waals surface area contributed by atoms with Crippen LogP contribution < -0.4 is 5.32 Å². The summed E-state index contributed by atoms with van der Waals surface area (Å²) < 4.78 is 0. The Morgan fingerprint density at radius 3 is 2.87 bits per heavy atom. The van der Waals surface area contributed by atoms with Crippen LogP contribution in [0.4, 0.5) is 5.82 Å². The maximum absolute atomic E-state index is 4.29. The van der Waals surface area contributed by atoms with Crippen LogP contribution in [0.3, 0.4) is 0 Å². The molecule has 0 aliphatic carbocycles. The van der Waals surface area contributed by atoms with Gasteiger partial charge in [-0.3, -0.25) is 4.98 Å². The van der Waals surface area contributed by atoms with Crippen LogP contribution in [-0.4, -0.2) is 15.0 Å². The lowest BCUT2D eigenvalue weighted by molar-refractivity contribution is 0.999. The second kappa shape index (κ2) is 4.50. The molecule has 0 aromatic carbocycles. The highest BCUT2D eigenvalue weighted by atomic mass is 15.0. The molecule has 4 heteroatoms. The molecule has 0 saturated carbocycles. The normalized spacial score (nSPS) is 9.93. The van der Waals surface area contributed by atoms with Gasteiger partial charge in [0.2, 0.25) is 0 Å². The van der Waals surface area contributed by atoms with E-state index in [0.29, 0.717) is 6.54 Å². The van der Waals surface area contributed by atoms with Gasteiger partial charge in [-0.2, -0.15) is 0 Å². The van der Waals surface area contributed by atoms with Crippen LogP contribution in [0.2, 0.25) is 0 Å². The minimum Gasteiger partial charge on any atom is -0.364 e. The molecular weight excluding hydrogens is 188 g/mol. The number of nitrogens with one attached hydrogen (secondary N) is 1. The first-order valence-corrected chi connectivity index (χ1v) is 4.76. The third-order valence-electron chi connectivity index (χ3n) is 2.14. The molecule has 0 fully saturated rings. The lowest BCUT2D eigenvalue weighted by Crippen LogP contribution is -2.04. The third-order valence-corrected chi connectivity index (χ3v) is 2.14. The lowest BCUT2D eigenvalue weighted by Gasteiger charge is -2.06. The summed E-state index contributed by atoms with van der Waals surface area (Å²) in [5.74, 6) is 0.815. The molecule has 0 amide bonds. The number of aryl methyl sites for hydroxylation is 1. The summed E-state index contributed by atoms with van der Waals surface area (Å²) in [5.41, 5.74) is 2.22. The van der Waals surface area contributed by atoms with E-state index in [9.17, 15) is 0 Å². The maximum atomic E-state index is 4.29. The molecule has 0 aliphatic heterocycles. The molecule has 1 N–H and O–H groups in total. The molecule has 4 nitrogen and oxygen atoms in total. The monoisotopic (exact) mass is 200 g/mol. The predicted octanol–water partition coefficient (Wildman–Crippen LogP) is 1.79. The van der Waals surface area contributed by atoms with Crippen LogP contribution in [0.25, 0.3) is 0 Å². The number of aromatic nitrogens is 3. The van der Waals surface area contributed by atoms with Gasteiger partial charge in [0.15, 0.2) is 0 Å². The van der Waals surface area contributed by atoms with Crippen molar-refractivity contribution in [2.45, 2.75) is 13.5 Å². The Morgan fingerprint density at radius 1 is 1.20 bits per heavy atom. The van der Waals surface area contributed by atoms with Crippen LogP contribution in [0.5, 0.6) is 0 Å². The number of pyridine rings is 1. The van der Waals surface area contributed by atoms with Crippen LogP contribution in [0, 0.1) is 6.92 Å². The van der Waals surface area contributed by atoms with E-state index >= 15 is 0 Å². The summed E-state index contributed by atoms with van der Waals surface area (Å²) in [5, 5.41) is 3.19. The fraction of sp³-hybridized carbons (Fsp3) is 0.182. The molecule has 2 aromatic rings. The quantitative estimate of drug-likeness (QED) is 0.820. The van der Waals surface area contributed by atoms with Crippen LogP contribution in [0.1, 0.15) is 11.3 Å². The Bertz CT molecular complexity index is 428. The maximum Gasteiger partial charge on any atom is 0.129 e. The second-order valence-electron chi connectivity index (χ2n) is 3.22. The van der Waals surface area contributed by atoms with E-state index in [4.69, 9.17) is 0 Å². The molecular formula is C11H12N4. The summed E-state index contributed by atoms with van der Waals surface area (Å²) in [6.45, 7) is 2.73.